The second-order valence-electron chi connectivity index (χ2n) is 3.90. The molecule has 0 bridgehead atoms. The number of anilines is 1. The molecule has 2 aromatic rings. The molecule has 2 aromatic heterocycles. The quantitative estimate of drug-likeness (QED) is 0.827. The minimum atomic E-state index is 0.243. The molecule has 0 amide bonds. The lowest BCUT2D eigenvalue weighted by Crippen LogP contribution is -2.25. The highest BCUT2D eigenvalue weighted by Gasteiger charge is 2.13. The first-order chi connectivity index (χ1) is 7.72. The van der Waals surface area contributed by atoms with Gasteiger partial charge in [-0.15, -0.1) is 21.8 Å². The van der Waals surface area contributed by atoms with Crippen LogP contribution in [0.5, 0.6) is 0 Å². The van der Waals surface area contributed by atoms with Gasteiger partial charge in [0.25, 0.3) is 0 Å². The molecule has 1 N–H and O–H groups in total. The molecule has 16 heavy (non-hydrogen) atoms. The maximum Gasteiger partial charge on any atom is 0.203 e. The van der Waals surface area contributed by atoms with Crippen molar-refractivity contribution in [3.8, 4) is 0 Å². The summed E-state index contributed by atoms with van der Waals surface area (Å²) in [5, 5.41) is 11.2. The second-order valence-corrected chi connectivity index (χ2v) is 4.21. The third-order valence-corrected chi connectivity index (χ3v) is 3.16. The van der Waals surface area contributed by atoms with Crippen molar-refractivity contribution in [2.75, 3.05) is 11.2 Å². The van der Waals surface area contributed by atoms with Gasteiger partial charge in [-0.1, -0.05) is 6.92 Å². The molecule has 2 unspecified atom stereocenters. The lowest BCUT2D eigenvalue weighted by atomic mass is 10.1. The Morgan fingerprint density at radius 2 is 2.31 bits per heavy atom. The number of aromatic nitrogens is 4. The zero-order chi connectivity index (χ0) is 11.5. The lowest BCUT2D eigenvalue weighted by Gasteiger charge is -2.19. The van der Waals surface area contributed by atoms with E-state index in [2.05, 4.69) is 34.3 Å². The van der Waals surface area contributed by atoms with E-state index in [4.69, 9.17) is 11.6 Å². The van der Waals surface area contributed by atoms with Gasteiger partial charge in [0.05, 0.1) is 0 Å². The molecule has 2 heterocycles. The Morgan fingerprint density at radius 1 is 1.50 bits per heavy atom. The van der Waals surface area contributed by atoms with Gasteiger partial charge in [-0.05, 0) is 12.8 Å². The van der Waals surface area contributed by atoms with Gasteiger partial charge < -0.3 is 5.32 Å². The molecule has 0 saturated heterocycles. The summed E-state index contributed by atoms with van der Waals surface area (Å²) < 4.78 is 1.83. The summed E-state index contributed by atoms with van der Waals surface area (Å²) in [6, 6.07) is 0.243. The molecule has 2 rings (SSSR count). The van der Waals surface area contributed by atoms with E-state index in [0.717, 1.165) is 11.5 Å². The molecule has 0 aliphatic heterocycles. The molecule has 6 heteroatoms. The van der Waals surface area contributed by atoms with Gasteiger partial charge in [-0.2, -0.15) is 0 Å². The smallest absolute Gasteiger partial charge is 0.203 e. The summed E-state index contributed by atoms with van der Waals surface area (Å²) in [6.07, 6.45) is 5.19. The van der Waals surface area contributed by atoms with E-state index in [-0.39, 0.29) is 6.04 Å². The fraction of sp³-hybridized carbons (Fsp3) is 0.500. The first-order valence-electron chi connectivity index (χ1n) is 5.19. The van der Waals surface area contributed by atoms with Crippen LogP contribution in [0.15, 0.2) is 18.7 Å². The molecule has 0 fully saturated rings. The van der Waals surface area contributed by atoms with Crippen LogP contribution in [0.1, 0.15) is 13.8 Å². The largest absolute Gasteiger partial charge is 0.364 e. The van der Waals surface area contributed by atoms with E-state index in [1.54, 1.807) is 12.5 Å². The Bertz CT molecular complexity index is 469. The minimum absolute atomic E-state index is 0.243. The van der Waals surface area contributed by atoms with Gasteiger partial charge in [-0.25, -0.2) is 4.98 Å². The van der Waals surface area contributed by atoms with Gasteiger partial charge >= 0.3 is 0 Å². The van der Waals surface area contributed by atoms with Crippen LogP contribution in [-0.2, 0) is 0 Å². The van der Waals surface area contributed by atoms with E-state index in [0.29, 0.717) is 11.8 Å². The highest BCUT2D eigenvalue weighted by molar-refractivity contribution is 6.18. The van der Waals surface area contributed by atoms with Crippen molar-refractivity contribution < 1.29 is 0 Å². The highest BCUT2D eigenvalue weighted by Crippen LogP contribution is 2.15. The van der Waals surface area contributed by atoms with Crippen LogP contribution in [-0.4, -0.2) is 31.5 Å². The van der Waals surface area contributed by atoms with Crippen molar-refractivity contribution in [1.82, 2.24) is 19.6 Å². The normalized spacial score (nSPS) is 14.9. The van der Waals surface area contributed by atoms with Crippen molar-refractivity contribution >= 4 is 23.1 Å². The fourth-order valence-corrected chi connectivity index (χ4v) is 1.62. The third kappa shape index (κ3) is 2.09. The third-order valence-electron chi connectivity index (χ3n) is 2.68. The van der Waals surface area contributed by atoms with Crippen LogP contribution in [0.3, 0.4) is 0 Å². The van der Waals surface area contributed by atoms with Crippen LogP contribution < -0.4 is 5.32 Å². The van der Waals surface area contributed by atoms with Gasteiger partial charge in [0.15, 0.2) is 5.82 Å². The summed E-state index contributed by atoms with van der Waals surface area (Å²) >= 11 is 5.82. The second kappa shape index (κ2) is 4.65. The van der Waals surface area contributed by atoms with Crippen LogP contribution in [0.2, 0.25) is 0 Å². The molecule has 0 spiro atoms. The first kappa shape index (κ1) is 11.1. The Morgan fingerprint density at radius 3 is 3.06 bits per heavy atom. The topological polar surface area (TPSA) is 55.1 Å². The maximum atomic E-state index is 5.82. The average molecular weight is 240 g/mol. The van der Waals surface area contributed by atoms with Gasteiger partial charge in [0.2, 0.25) is 5.65 Å². The summed E-state index contributed by atoms with van der Waals surface area (Å²) in [5.74, 6) is 1.72. The van der Waals surface area contributed by atoms with Crippen molar-refractivity contribution in [2.24, 2.45) is 5.92 Å². The predicted octanol–water partition coefficient (Wildman–Crippen LogP) is 1.80. The average Bonchev–Trinajstić information content (AvgIpc) is 2.77. The highest BCUT2D eigenvalue weighted by atomic mass is 35.5. The predicted molar refractivity (Wildman–Crippen MR) is 63.8 cm³/mol. The maximum absolute atomic E-state index is 5.82. The van der Waals surface area contributed by atoms with E-state index in [1.807, 2.05) is 10.6 Å². The Labute approximate surface area is 98.9 Å². The molecule has 86 valence electrons. The standard InChI is InChI=1S/C10H14ClN5/c1-7(5-11)8(2)14-9-10-15-13-6-16(10)4-3-12-9/h3-4,6-8H,5H2,1-2H3,(H,12,14). The zero-order valence-corrected chi connectivity index (χ0v) is 10.0. The van der Waals surface area contributed by atoms with E-state index in [1.165, 1.54) is 0 Å². The van der Waals surface area contributed by atoms with Gasteiger partial charge in [0, 0.05) is 24.3 Å². The van der Waals surface area contributed by atoms with Crippen LogP contribution in [0.4, 0.5) is 5.82 Å². The van der Waals surface area contributed by atoms with Crippen molar-refractivity contribution in [2.45, 2.75) is 19.9 Å². The Balaban J connectivity index is 2.23. The van der Waals surface area contributed by atoms with Gasteiger partial charge in [-0.3, -0.25) is 4.40 Å². The fourth-order valence-electron chi connectivity index (χ4n) is 1.35. The molecular formula is C10H14ClN5. The summed E-state index contributed by atoms with van der Waals surface area (Å²) in [5.41, 5.74) is 0.733. The number of hydrogen-bond acceptors (Lipinski definition) is 4. The molecule has 2 atom stereocenters. The first-order valence-corrected chi connectivity index (χ1v) is 5.72. The molecule has 0 saturated carbocycles. The number of nitrogens with zero attached hydrogens (tertiary/aromatic N) is 4. The monoisotopic (exact) mass is 239 g/mol. The van der Waals surface area contributed by atoms with Crippen molar-refractivity contribution in [3.05, 3.63) is 18.7 Å². The molecule has 0 aromatic carbocycles. The molecule has 0 radical (unpaired) electrons. The lowest BCUT2D eigenvalue weighted by molar-refractivity contribution is 0.564. The van der Waals surface area contributed by atoms with Crippen molar-refractivity contribution in [3.63, 3.8) is 0 Å². The molecule has 0 aliphatic rings. The van der Waals surface area contributed by atoms with Crippen LogP contribution in [0, 0.1) is 5.92 Å². The van der Waals surface area contributed by atoms with Crippen LogP contribution >= 0.6 is 11.6 Å². The zero-order valence-electron chi connectivity index (χ0n) is 9.26. The Hall–Kier alpha value is -1.36. The van der Waals surface area contributed by atoms with E-state index in [9.17, 15) is 0 Å². The summed E-state index contributed by atoms with van der Waals surface area (Å²) in [6.45, 7) is 4.17. The number of rotatable bonds is 4. The van der Waals surface area contributed by atoms with E-state index >= 15 is 0 Å². The van der Waals surface area contributed by atoms with Crippen molar-refractivity contribution in [1.29, 1.82) is 0 Å². The van der Waals surface area contributed by atoms with Gasteiger partial charge in [0.1, 0.15) is 6.33 Å². The van der Waals surface area contributed by atoms with Crippen LogP contribution in [0.25, 0.3) is 5.65 Å². The minimum Gasteiger partial charge on any atom is -0.364 e. The molecule has 0 aliphatic carbocycles. The number of hydrogen-bond donors (Lipinski definition) is 1. The molecular weight excluding hydrogens is 226 g/mol. The molecule has 5 nitrogen and oxygen atoms in total. The number of fused-ring (bicyclic) bond motifs is 1. The number of halogens is 1. The summed E-state index contributed by atoms with van der Waals surface area (Å²) in [7, 11) is 0. The van der Waals surface area contributed by atoms with E-state index < -0.39 is 0 Å². The number of nitrogens with one attached hydrogen (secondary N) is 1. The SMILES string of the molecule is CC(CCl)C(C)Nc1nccn2cnnc12. The number of alkyl halides is 1. The summed E-state index contributed by atoms with van der Waals surface area (Å²) in [4.78, 5) is 4.26. The Kier molecular flexibility index (Phi) is 3.24.